The summed E-state index contributed by atoms with van der Waals surface area (Å²) in [7, 11) is 7.38. The summed E-state index contributed by atoms with van der Waals surface area (Å²) in [5.74, 6) is 0.651. The first-order valence-electron chi connectivity index (χ1n) is 15.1. The fourth-order valence-corrected chi connectivity index (χ4v) is 5.47. The van der Waals surface area contributed by atoms with Crippen LogP contribution in [-0.4, -0.2) is 111 Å². The van der Waals surface area contributed by atoms with Gasteiger partial charge in [0.25, 0.3) is 5.56 Å². The zero-order valence-corrected chi connectivity index (χ0v) is 26.5. The van der Waals surface area contributed by atoms with Crippen molar-refractivity contribution in [3.63, 3.8) is 0 Å². The third-order valence-corrected chi connectivity index (χ3v) is 8.13. The van der Waals surface area contributed by atoms with Gasteiger partial charge in [0.05, 0.1) is 24.8 Å². The topological polar surface area (TPSA) is 151 Å². The summed E-state index contributed by atoms with van der Waals surface area (Å²) < 4.78 is 8.20. The summed E-state index contributed by atoms with van der Waals surface area (Å²) in [5, 5.41) is 21.7. The van der Waals surface area contributed by atoms with E-state index in [0.717, 1.165) is 30.7 Å². The maximum atomic E-state index is 13.9. The highest BCUT2D eigenvalue weighted by Gasteiger charge is 2.27. The van der Waals surface area contributed by atoms with Gasteiger partial charge >= 0.3 is 5.97 Å². The van der Waals surface area contributed by atoms with Gasteiger partial charge in [-0.15, -0.1) is 5.10 Å². The minimum Gasteiger partial charge on any atom is -0.497 e. The number of carboxylic acids is 1. The number of tetrazole rings is 1. The molecule has 1 aliphatic rings. The first kappa shape index (κ1) is 32.3. The first-order chi connectivity index (χ1) is 22.1. The zero-order valence-electron chi connectivity index (χ0n) is 26.5. The number of hydrogen-bond donors (Lipinski definition) is 1. The van der Waals surface area contributed by atoms with Crippen LogP contribution in [0.3, 0.4) is 0 Å². The van der Waals surface area contributed by atoms with Crippen LogP contribution in [-0.2, 0) is 11.3 Å². The SMILES string of the molecule is COc1ccc(Cn2nnnc2C=Cc2c(N3CCCC(CC(=O)N(C)CCN(C)C)C3)nc3cc(C(=O)O)ccn3c2=O)cc1. The molecule has 5 rings (SSSR count). The van der Waals surface area contributed by atoms with Gasteiger partial charge in [0.2, 0.25) is 5.91 Å². The van der Waals surface area contributed by atoms with Crippen LogP contribution < -0.4 is 15.2 Å². The Bertz CT molecular complexity index is 1780. The minimum absolute atomic E-state index is 0.0294. The molecule has 0 spiro atoms. The monoisotopic (exact) mass is 629 g/mol. The number of likely N-dealkylation sites (N-methyl/N-ethyl adjacent to an activating group) is 2. The molecule has 1 aromatic carbocycles. The van der Waals surface area contributed by atoms with Crippen LogP contribution in [0.25, 0.3) is 17.8 Å². The highest BCUT2D eigenvalue weighted by Crippen LogP contribution is 2.27. The Labute approximate surface area is 266 Å². The molecule has 1 fully saturated rings. The molecular formula is C32H39N9O5. The molecule has 4 heterocycles. The van der Waals surface area contributed by atoms with Crippen molar-refractivity contribution in [2.75, 3.05) is 59.3 Å². The lowest BCUT2D eigenvalue weighted by Gasteiger charge is -2.34. The summed E-state index contributed by atoms with van der Waals surface area (Å²) in [4.78, 5) is 49.3. The average Bonchev–Trinajstić information content (AvgIpc) is 3.49. The zero-order chi connectivity index (χ0) is 32.8. The van der Waals surface area contributed by atoms with E-state index in [2.05, 4.69) is 15.5 Å². The molecule has 4 aromatic rings. The van der Waals surface area contributed by atoms with Gasteiger partial charge in [0, 0.05) is 45.8 Å². The Morgan fingerprint density at radius 1 is 1.11 bits per heavy atom. The van der Waals surface area contributed by atoms with Gasteiger partial charge in [-0.3, -0.25) is 14.0 Å². The molecule has 1 N–H and O–H groups in total. The molecule has 242 valence electrons. The second kappa shape index (κ2) is 14.3. The van der Waals surface area contributed by atoms with Crippen molar-refractivity contribution >= 4 is 35.5 Å². The molecule has 0 bridgehead atoms. The molecule has 14 nitrogen and oxygen atoms in total. The second-order valence-electron chi connectivity index (χ2n) is 11.8. The van der Waals surface area contributed by atoms with Gasteiger partial charge in [-0.25, -0.2) is 14.5 Å². The maximum Gasteiger partial charge on any atom is 0.335 e. The van der Waals surface area contributed by atoms with Crippen molar-refractivity contribution in [2.45, 2.75) is 25.8 Å². The lowest BCUT2D eigenvalue weighted by Crippen LogP contribution is -2.41. The Kier molecular flexibility index (Phi) is 10.1. The lowest BCUT2D eigenvalue weighted by atomic mass is 9.94. The van der Waals surface area contributed by atoms with E-state index in [1.165, 1.54) is 22.7 Å². The molecule has 0 saturated carbocycles. The van der Waals surface area contributed by atoms with E-state index in [4.69, 9.17) is 9.72 Å². The number of fused-ring (bicyclic) bond motifs is 1. The third-order valence-electron chi connectivity index (χ3n) is 8.13. The quantitative estimate of drug-likeness (QED) is 0.246. The van der Waals surface area contributed by atoms with E-state index in [1.807, 2.05) is 55.2 Å². The van der Waals surface area contributed by atoms with Crippen molar-refractivity contribution in [1.82, 2.24) is 39.4 Å². The van der Waals surface area contributed by atoms with E-state index in [0.29, 0.717) is 49.8 Å². The van der Waals surface area contributed by atoms with Crippen LogP contribution in [0.1, 0.15) is 46.6 Å². The molecule has 1 atom stereocenters. The molecule has 1 saturated heterocycles. The molecule has 0 radical (unpaired) electrons. The molecule has 46 heavy (non-hydrogen) atoms. The van der Waals surface area contributed by atoms with Gasteiger partial charge in [-0.2, -0.15) is 0 Å². The predicted molar refractivity (Wildman–Crippen MR) is 173 cm³/mol. The van der Waals surface area contributed by atoms with Crippen molar-refractivity contribution in [1.29, 1.82) is 0 Å². The number of carboxylic acid groups (broad SMARTS) is 1. The third kappa shape index (κ3) is 7.57. The normalized spacial score (nSPS) is 15.2. The van der Waals surface area contributed by atoms with Crippen molar-refractivity contribution in [3.8, 4) is 5.75 Å². The summed E-state index contributed by atoms with van der Waals surface area (Å²) in [6, 6.07) is 10.3. The van der Waals surface area contributed by atoms with Crippen molar-refractivity contribution in [2.24, 2.45) is 5.92 Å². The average molecular weight is 630 g/mol. The number of piperidine rings is 1. The van der Waals surface area contributed by atoms with Crippen molar-refractivity contribution < 1.29 is 19.4 Å². The number of amides is 1. The largest absolute Gasteiger partial charge is 0.497 e. The number of carbonyl (C=O) groups excluding carboxylic acids is 1. The fourth-order valence-electron chi connectivity index (χ4n) is 5.47. The number of benzene rings is 1. The number of ether oxygens (including phenoxy) is 1. The molecule has 1 aliphatic heterocycles. The van der Waals surface area contributed by atoms with Gasteiger partial charge in [-0.05, 0) is 85.3 Å². The number of nitrogens with zero attached hydrogens (tertiary/aromatic N) is 9. The predicted octanol–water partition coefficient (Wildman–Crippen LogP) is 2.23. The molecule has 1 unspecified atom stereocenters. The van der Waals surface area contributed by atoms with Crippen LogP contribution in [0.15, 0.2) is 47.4 Å². The van der Waals surface area contributed by atoms with Crippen LogP contribution >= 0.6 is 0 Å². The van der Waals surface area contributed by atoms with Crippen LogP contribution in [0.2, 0.25) is 0 Å². The van der Waals surface area contributed by atoms with Crippen LogP contribution in [0, 0.1) is 5.92 Å². The number of aromatic nitrogens is 6. The van der Waals surface area contributed by atoms with Gasteiger partial charge in [0.15, 0.2) is 5.82 Å². The number of aromatic carboxylic acids is 1. The summed E-state index contributed by atoms with van der Waals surface area (Å²) in [6.45, 7) is 3.00. The summed E-state index contributed by atoms with van der Waals surface area (Å²) in [5.41, 5.74) is 1.18. The molecule has 3 aromatic heterocycles. The molecule has 1 amide bonds. The number of carbonyl (C=O) groups is 2. The van der Waals surface area contributed by atoms with Crippen molar-refractivity contribution in [3.05, 3.63) is 75.5 Å². The smallest absolute Gasteiger partial charge is 0.335 e. The Morgan fingerprint density at radius 2 is 1.89 bits per heavy atom. The maximum absolute atomic E-state index is 13.9. The standard InChI is InChI=1S/C32H39N9O5/c1-37(2)16-17-38(3)29(42)18-23-6-5-14-39(20-23)30-26(31(43)40-15-13-24(32(44)45)19-28(40)33-30)11-12-27-34-35-36-41(27)21-22-7-9-25(46-4)10-8-22/h7-13,15,19,23H,5-6,14,16-18,20-21H2,1-4H3,(H,44,45). The number of pyridine rings is 1. The van der Waals surface area contributed by atoms with Crippen LogP contribution in [0.5, 0.6) is 5.75 Å². The minimum atomic E-state index is -1.11. The molecule has 14 heteroatoms. The Morgan fingerprint density at radius 3 is 2.61 bits per heavy atom. The highest BCUT2D eigenvalue weighted by atomic mass is 16.5. The van der Waals surface area contributed by atoms with E-state index < -0.39 is 5.97 Å². The molecule has 0 aliphatic carbocycles. The first-order valence-corrected chi connectivity index (χ1v) is 15.1. The van der Waals surface area contributed by atoms with E-state index in [-0.39, 0.29) is 28.6 Å². The fraction of sp³-hybridized carbons (Fsp3) is 0.406. The van der Waals surface area contributed by atoms with E-state index in [1.54, 1.807) is 28.8 Å². The second-order valence-corrected chi connectivity index (χ2v) is 11.8. The van der Waals surface area contributed by atoms with Crippen LogP contribution in [0.4, 0.5) is 5.82 Å². The van der Waals surface area contributed by atoms with E-state index >= 15 is 0 Å². The number of anilines is 1. The molecular weight excluding hydrogens is 590 g/mol. The Hall–Kier alpha value is -5.11. The summed E-state index contributed by atoms with van der Waals surface area (Å²) in [6.07, 6.45) is 6.84. The van der Waals surface area contributed by atoms with E-state index in [9.17, 15) is 19.5 Å². The lowest BCUT2D eigenvalue weighted by molar-refractivity contribution is -0.131. The number of methoxy groups -OCH3 is 1. The van der Waals surface area contributed by atoms with Gasteiger partial charge in [-0.1, -0.05) is 12.1 Å². The highest BCUT2D eigenvalue weighted by molar-refractivity contribution is 5.89. The Balaban J connectivity index is 1.46. The number of rotatable bonds is 12. The van der Waals surface area contributed by atoms with Gasteiger partial charge < -0.3 is 24.5 Å². The number of hydrogen-bond acceptors (Lipinski definition) is 10. The summed E-state index contributed by atoms with van der Waals surface area (Å²) >= 11 is 0. The van der Waals surface area contributed by atoms with Gasteiger partial charge in [0.1, 0.15) is 17.2 Å².